The summed E-state index contributed by atoms with van der Waals surface area (Å²) in [4.78, 5) is 35.9. The highest BCUT2D eigenvalue weighted by atomic mass is 16.2. The van der Waals surface area contributed by atoms with E-state index in [9.17, 15) is 9.59 Å². The van der Waals surface area contributed by atoms with Crippen molar-refractivity contribution < 1.29 is 9.59 Å². The minimum atomic E-state index is -0.298. The molecule has 3 heterocycles. The number of aromatic nitrogens is 3. The fraction of sp³-hybridized carbons (Fsp3) is 0.148. The topological polar surface area (TPSA) is 103 Å². The van der Waals surface area contributed by atoms with E-state index in [1.54, 1.807) is 18.2 Å². The summed E-state index contributed by atoms with van der Waals surface area (Å²) in [6.07, 6.45) is 5.33. The second-order valence-corrected chi connectivity index (χ2v) is 8.14. The molecule has 0 saturated heterocycles. The average Bonchev–Trinajstić information content (AvgIpc) is 3.48. The van der Waals surface area contributed by atoms with Crippen molar-refractivity contribution in [1.82, 2.24) is 25.6 Å². The Morgan fingerprint density at radius 3 is 1.62 bits per heavy atom. The van der Waals surface area contributed by atoms with E-state index in [4.69, 9.17) is 0 Å². The van der Waals surface area contributed by atoms with Crippen LogP contribution < -0.4 is 10.6 Å². The highest BCUT2D eigenvalue weighted by Crippen LogP contribution is 2.18. The number of aromatic amines is 2. The molecular weight excluding hydrogens is 426 g/mol. The Morgan fingerprint density at radius 1 is 0.647 bits per heavy atom. The van der Waals surface area contributed by atoms with Crippen molar-refractivity contribution in [2.24, 2.45) is 0 Å². The number of nitrogens with one attached hydrogen (secondary N) is 4. The Kier molecular flexibility index (Phi) is 6.07. The Labute approximate surface area is 196 Å². The third-order valence-electron chi connectivity index (χ3n) is 5.92. The van der Waals surface area contributed by atoms with E-state index in [-0.39, 0.29) is 23.2 Å². The van der Waals surface area contributed by atoms with Crippen LogP contribution in [0.2, 0.25) is 0 Å². The number of fused-ring (bicyclic) bond motifs is 2. The van der Waals surface area contributed by atoms with Gasteiger partial charge in [-0.05, 0) is 48.2 Å². The minimum Gasteiger partial charge on any atom is -0.361 e. The summed E-state index contributed by atoms with van der Waals surface area (Å²) < 4.78 is 0. The molecule has 5 aromatic rings. The number of carbonyl (C=O) groups excluding carboxylic acids is 2. The predicted molar refractivity (Wildman–Crippen MR) is 133 cm³/mol. The van der Waals surface area contributed by atoms with Crippen molar-refractivity contribution in [2.75, 3.05) is 13.1 Å². The van der Waals surface area contributed by atoms with Gasteiger partial charge < -0.3 is 20.6 Å². The molecule has 7 nitrogen and oxygen atoms in total. The van der Waals surface area contributed by atoms with Gasteiger partial charge in [-0.25, -0.2) is 4.98 Å². The van der Waals surface area contributed by atoms with Gasteiger partial charge in [0.25, 0.3) is 11.8 Å². The lowest BCUT2D eigenvalue weighted by atomic mass is 10.1. The van der Waals surface area contributed by atoms with Crippen LogP contribution in [0.1, 0.15) is 32.1 Å². The zero-order valence-electron chi connectivity index (χ0n) is 18.6. The molecule has 2 amide bonds. The van der Waals surface area contributed by atoms with Crippen LogP contribution in [-0.2, 0) is 12.8 Å². The second-order valence-electron chi connectivity index (χ2n) is 8.14. The Hall–Kier alpha value is -4.39. The number of H-pyrrole nitrogens is 2. The zero-order chi connectivity index (χ0) is 23.3. The number of nitrogens with zero attached hydrogens (tertiary/aromatic N) is 1. The molecule has 4 N–H and O–H groups in total. The number of carbonyl (C=O) groups is 2. The van der Waals surface area contributed by atoms with Crippen molar-refractivity contribution in [3.05, 3.63) is 102 Å². The van der Waals surface area contributed by atoms with Crippen molar-refractivity contribution in [2.45, 2.75) is 12.8 Å². The average molecular weight is 452 g/mol. The molecule has 7 heteroatoms. The van der Waals surface area contributed by atoms with E-state index < -0.39 is 0 Å². The fourth-order valence-corrected chi connectivity index (χ4v) is 4.17. The van der Waals surface area contributed by atoms with Crippen LogP contribution in [0.25, 0.3) is 21.8 Å². The summed E-state index contributed by atoms with van der Waals surface area (Å²) in [5, 5.41) is 8.10. The second kappa shape index (κ2) is 9.62. The molecule has 3 aromatic heterocycles. The van der Waals surface area contributed by atoms with Crippen molar-refractivity contribution >= 4 is 33.6 Å². The van der Waals surface area contributed by atoms with Crippen LogP contribution >= 0.6 is 0 Å². The van der Waals surface area contributed by atoms with Gasteiger partial charge in [-0.15, -0.1) is 0 Å². The first-order valence-corrected chi connectivity index (χ1v) is 11.3. The SMILES string of the molecule is O=C(NCCc1c[nH]c2ccccc12)c1cccc(C(=O)NCCc2c[nH]c3ccccc23)n1. The summed E-state index contributed by atoms with van der Waals surface area (Å²) in [6.45, 7) is 0.951. The minimum absolute atomic E-state index is 0.225. The van der Waals surface area contributed by atoms with E-state index in [0.717, 1.165) is 32.9 Å². The molecule has 5 rings (SSSR count). The maximum atomic E-state index is 12.6. The first kappa shape index (κ1) is 21.5. The molecule has 34 heavy (non-hydrogen) atoms. The first-order chi connectivity index (χ1) is 16.7. The van der Waals surface area contributed by atoms with E-state index in [2.05, 4.69) is 37.7 Å². The number of amides is 2. The third kappa shape index (κ3) is 4.54. The normalized spacial score (nSPS) is 11.1. The number of benzene rings is 2. The molecule has 0 atom stereocenters. The molecule has 0 aliphatic rings. The Bertz CT molecular complexity index is 1360. The van der Waals surface area contributed by atoms with Crippen LogP contribution in [0.5, 0.6) is 0 Å². The number of para-hydroxylation sites is 2. The lowest BCUT2D eigenvalue weighted by Crippen LogP contribution is -2.29. The zero-order valence-corrected chi connectivity index (χ0v) is 18.6. The van der Waals surface area contributed by atoms with Gasteiger partial charge in [-0.3, -0.25) is 9.59 Å². The largest absolute Gasteiger partial charge is 0.361 e. The number of pyridine rings is 1. The van der Waals surface area contributed by atoms with Gasteiger partial charge in [0.1, 0.15) is 11.4 Å². The quantitative estimate of drug-likeness (QED) is 0.287. The van der Waals surface area contributed by atoms with E-state index in [1.165, 1.54) is 0 Å². The maximum absolute atomic E-state index is 12.6. The lowest BCUT2D eigenvalue weighted by molar-refractivity contribution is 0.0945. The number of hydrogen-bond acceptors (Lipinski definition) is 3. The molecule has 0 fully saturated rings. The summed E-state index contributed by atoms with van der Waals surface area (Å²) in [5.74, 6) is -0.596. The number of rotatable bonds is 8. The highest BCUT2D eigenvalue weighted by Gasteiger charge is 2.13. The monoisotopic (exact) mass is 451 g/mol. The van der Waals surface area contributed by atoms with Crippen LogP contribution in [0.4, 0.5) is 0 Å². The van der Waals surface area contributed by atoms with Crippen LogP contribution in [0.15, 0.2) is 79.1 Å². The molecule has 0 radical (unpaired) electrons. The Morgan fingerprint density at radius 2 is 1.12 bits per heavy atom. The van der Waals surface area contributed by atoms with Gasteiger partial charge in [0.15, 0.2) is 0 Å². The summed E-state index contributed by atoms with van der Waals surface area (Å²) >= 11 is 0. The van der Waals surface area contributed by atoms with Gasteiger partial charge in [0.2, 0.25) is 0 Å². The van der Waals surface area contributed by atoms with Crippen LogP contribution in [0.3, 0.4) is 0 Å². The van der Waals surface area contributed by atoms with E-state index >= 15 is 0 Å². The standard InChI is InChI=1S/C27H25N5O2/c33-26(28-14-12-18-16-30-22-8-3-1-6-20(18)22)24-10-5-11-25(32-24)27(34)29-15-13-19-17-31-23-9-4-2-7-21(19)23/h1-11,16-17,30-31H,12-15H2,(H,28,33)(H,29,34). The highest BCUT2D eigenvalue weighted by molar-refractivity contribution is 5.96. The van der Waals surface area contributed by atoms with Crippen LogP contribution in [-0.4, -0.2) is 39.9 Å². The predicted octanol–water partition coefficient (Wildman–Crippen LogP) is 3.99. The number of hydrogen-bond donors (Lipinski definition) is 4. The molecule has 0 saturated carbocycles. The van der Waals surface area contributed by atoms with Crippen molar-refractivity contribution in [3.8, 4) is 0 Å². The Balaban J connectivity index is 1.14. The first-order valence-electron chi connectivity index (χ1n) is 11.3. The molecule has 2 aromatic carbocycles. The molecule has 0 aliphatic heterocycles. The lowest BCUT2D eigenvalue weighted by Gasteiger charge is -2.07. The van der Waals surface area contributed by atoms with E-state index in [1.807, 2.05) is 48.8 Å². The van der Waals surface area contributed by atoms with Gasteiger partial charge >= 0.3 is 0 Å². The molecule has 0 bridgehead atoms. The van der Waals surface area contributed by atoms with Gasteiger partial charge in [0.05, 0.1) is 0 Å². The van der Waals surface area contributed by atoms with Gasteiger partial charge in [-0.2, -0.15) is 0 Å². The molecule has 170 valence electrons. The van der Waals surface area contributed by atoms with Crippen LogP contribution in [0, 0.1) is 0 Å². The molecule has 0 aliphatic carbocycles. The molecule has 0 spiro atoms. The van der Waals surface area contributed by atoms with Gasteiger partial charge in [0, 0.05) is 47.3 Å². The summed E-state index contributed by atoms with van der Waals surface area (Å²) in [5.41, 5.74) is 4.90. The maximum Gasteiger partial charge on any atom is 0.269 e. The smallest absolute Gasteiger partial charge is 0.269 e. The van der Waals surface area contributed by atoms with E-state index in [0.29, 0.717) is 25.9 Å². The molecular formula is C27H25N5O2. The summed E-state index contributed by atoms with van der Waals surface area (Å²) in [7, 11) is 0. The van der Waals surface area contributed by atoms with Crippen molar-refractivity contribution in [3.63, 3.8) is 0 Å². The fourth-order valence-electron chi connectivity index (χ4n) is 4.17. The molecule has 0 unspecified atom stereocenters. The third-order valence-corrected chi connectivity index (χ3v) is 5.92. The van der Waals surface area contributed by atoms with Crippen molar-refractivity contribution in [1.29, 1.82) is 0 Å². The summed E-state index contributed by atoms with van der Waals surface area (Å²) in [6, 6.07) is 21.1. The van der Waals surface area contributed by atoms with Gasteiger partial charge in [-0.1, -0.05) is 42.5 Å².